The summed E-state index contributed by atoms with van der Waals surface area (Å²) in [5.41, 5.74) is 15.8. The number of hydrogen-bond acceptors (Lipinski definition) is 8. The second-order valence-electron chi connectivity index (χ2n) is 7.61. The van der Waals surface area contributed by atoms with Gasteiger partial charge in [-0.05, 0) is 23.8 Å². The van der Waals surface area contributed by atoms with Crippen molar-refractivity contribution in [1.82, 2.24) is 19.6 Å². The fraction of sp³-hybridized carbons (Fsp3) is 0.167. The number of nitrogens with two attached hydrogens (primary N) is 2. The number of nitrogens with zero attached hydrogens (tertiary/aromatic N) is 6. The summed E-state index contributed by atoms with van der Waals surface area (Å²) >= 11 is 0. The molecule has 0 unspecified atom stereocenters. The van der Waals surface area contributed by atoms with Gasteiger partial charge in [0.25, 0.3) is 0 Å². The molecule has 1 aromatic carbocycles. The van der Waals surface area contributed by atoms with Crippen LogP contribution < -0.4 is 16.4 Å². The van der Waals surface area contributed by atoms with Crippen molar-refractivity contribution in [2.75, 3.05) is 36.9 Å². The van der Waals surface area contributed by atoms with Crippen molar-refractivity contribution < 1.29 is 4.74 Å². The van der Waals surface area contributed by atoms with Gasteiger partial charge < -0.3 is 21.1 Å². The van der Waals surface area contributed by atoms with Crippen LogP contribution in [0.15, 0.2) is 71.9 Å². The summed E-state index contributed by atoms with van der Waals surface area (Å²) in [6.45, 7) is 2.85. The molecule has 1 aliphatic heterocycles. The highest BCUT2D eigenvalue weighted by atomic mass is 16.5. The van der Waals surface area contributed by atoms with Crippen molar-refractivity contribution >= 4 is 35.0 Å². The van der Waals surface area contributed by atoms with Gasteiger partial charge in [-0.3, -0.25) is 0 Å². The smallest absolute Gasteiger partial charge is 0.160 e. The monoisotopic (exact) mass is 440 g/mol. The number of fused-ring (bicyclic) bond motifs is 1. The summed E-state index contributed by atoms with van der Waals surface area (Å²) in [4.78, 5) is 15.6. The zero-order valence-corrected chi connectivity index (χ0v) is 18.0. The van der Waals surface area contributed by atoms with Gasteiger partial charge in [0.2, 0.25) is 0 Å². The predicted octanol–water partition coefficient (Wildman–Crippen LogP) is 2.91. The number of allylic oxidation sites excluding steroid dienone is 1. The molecule has 1 aliphatic rings. The number of nitrogen functional groups attached to an aromatic ring is 1. The normalized spacial score (nSPS) is 14.9. The summed E-state index contributed by atoms with van der Waals surface area (Å²) in [6.07, 6.45) is 5.16. The van der Waals surface area contributed by atoms with Gasteiger partial charge in [0.15, 0.2) is 11.5 Å². The number of anilines is 2. The van der Waals surface area contributed by atoms with Gasteiger partial charge in [-0.1, -0.05) is 30.3 Å². The van der Waals surface area contributed by atoms with Gasteiger partial charge in [-0.15, -0.1) is 0 Å². The van der Waals surface area contributed by atoms with Crippen LogP contribution in [-0.2, 0) is 4.74 Å². The summed E-state index contributed by atoms with van der Waals surface area (Å²) in [5, 5.41) is 4.78. The van der Waals surface area contributed by atoms with E-state index in [2.05, 4.69) is 14.9 Å². The summed E-state index contributed by atoms with van der Waals surface area (Å²) in [6, 6.07) is 17.3. The SMILES string of the molecule is NC(=CC=Nc1cc(N2CCOCC2)n2nc(-c3ccc(N)nc3)cc2n1)c1ccccc1. The molecule has 0 saturated carbocycles. The Morgan fingerprint density at radius 2 is 1.88 bits per heavy atom. The zero-order chi connectivity index (χ0) is 22.6. The minimum atomic E-state index is 0.467. The number of aliphatic imine (C=N–C) groups is 1. The topological polar surface area (TPSA) is 120 Å². The molecule has 1 saturated heterocycles. The average Bonchev–Trinajstić information content (AvgIpc) is 3.29. The molecule has 4 heterocycles. The molecule has 9 heteroatoms. The van der Waals surface area contributed by atoms with Gasteiger partial charge in [-0.2, -0.15) is 9.61 Å². The first-order valence-electron chi connectivity index (χ1n) is 10.7. The van der Waals surface area contributed by atoms with E-state index in [-0.39, 0.29) is 0 Å². The molecule has 0 spiro atoms. The Morgan fingerprint density at radius 1 is 1.06 bits per heavy atom. The maximum absolute atomic E-state index is 6.17. The Labute approximate surface area is 191 Å². The summed E-state index contributed by atoms with van der Waals surface area (Å²) in [7, 11) is 0. The number of rotatable bonds is 5. The van der Waals surface area contributed by atoms with E-state index >= 15 is 0 Å². The average molecular weight is 441 g/mol. The van der Waals surface area contributed by atoms with Crippen molar-refractivity contribution in [3.63, 3.8) is 0 Å². The van der Waals surface area contributed by atoms with Gasteiger partial charge in [0, 0.05) is 48.9 Å². The first-order valence-corrected chi connectivity index (χ1v) is 10.7. The van der Waals surface area contributed by atoms with E-state index in [4.69, 9.17) is 26.3 Å². The number of hydrogen-bond donors (Lipinski definition) is 2. The number of ether oxygens (including phenoxy) is 1. The third-order valence-corrected chi connectivity index (χ3v) is 5.38. The van der Waals surface area contributed by atoms with Crippen molar-refractivity contribution in [3.05, 3.63) is 72.4 Å². The van der Waals surface area contributed by atoms with Gasteiger partial charge in [-0.25, -0.2) is 15.0 Å². The molecular formula is C24H24N8O. The van der Waals surface area contributed by atoms with E-state index in [0.29, 0.717) is 36.2 Å². The molecule has 4 N–H and O–H groups in total. The van der Waals surface area contributed by atoms with Crippen LogP contribution >= 0.6 is 0 Å². The third-order valence-electron chi connectivity index (χ3n) is 5.38. The molecule has 33 heavy (non-hydrogen) atoms. The molecule has 166 valence electrons. The number of pyridine rings is 1. The Hall–Kier alpha value is -4.24. The highest BCUT2D eigenvalue weighted by Gasteiger charge is 2.18. The lowest BCUT2D eigenvalue weighted by Gasteiger charge is -2.28. The van der Waals surface area contributed by atoms with Crippen molar-refractivity contribution in [2.45, 2.75) is 0 Å². The highest BCUT2D eigenvalue weighted by Crippen LogP contribution is 2.26. The quantitative estimate of drug-likeness (QED) is 0.458. The summed E-state index contributed by atoms with van der Waals surface area (Å²) in [5.74, 6) is 1.95. The molecule has 0 bridgehead atoms. The second-order valence-corrected chi connectivity index (χ2v) is 7.61. The van der Waals surface area contributed by atoms with E-state index in [1.807, 2.05) is 53.0 Å². The lowest BCUT2D eigenvalue weighted by atomic mass is 10.1. The highest BCUT2D eigenvalue weighted by molar-refractivity contribution is 5.85. The molecule has 0 aliphatic carbocycles. The van der Waals surface area contributed by atoms with E-state index in [0.717, 1.165) is 35.7 Å². The second kappa shape index (κ2) is 9.09. The van der Waals surface area contributed by atoms with E-state index in [1.54, 1.807) is 24.6 Å². The molecule has 0 radical (unpaired) electrons. The third kappa shape index (κ3) is 4.53. The van der Waals surface area contributed by atoms with Crippen LogP contribution in [0.2, 0.25) is 0 Å². The van der Waals surface area contributed by atoms with Crippen molar-refractivity contribution in [3.8, 4) is 11.3 Å². The minimum Gasteiger partial charge on any atom is -0.398 e. The molecule has 0 amide bonds. The van der Waals surface area contributed by atoms with E-state index < -0.39 is 0 Å². The zero-order valence-electron chi connectivity index (χ0n) is 18.0. The molecule has 4 aromatic rings. The Bertz CT molecular complexity index is 1310. The van der Waals surface area contributed by atoms with Gasteiger partial charge >= 0.3 is 0 Å². The van der Waals surface area contributed by atoms with E-state index in [9.17, 15) is 0 Å². The lowest BCUT2D eigenvalue weighted by Crippen LogP contribution is -2.37. The molecule has 0 atom stereocenters. The van der Waals surface area contributed by atoms with Crippen molar-refractivity contribution in [2.24, 2.45) is 10.7 Å². The number of morpholine rings is 1. The van der Waals surface area contributed by atoms with Crippen LogP contribution in [0.5, 0.6) is 0 Å². The first-order chi connectivity index (χ1) is 16.2. The molecule has 5 rings (SSSR count). The Balaban J connectivity index is 1.52. The van der Waals surface area contributed by atoms with Gasteiger partial charge in [0.05, 0.1) is 18.9 Å². The first kappa shape index (κ1) is 20.7. The van der Waals surface area contributed by atoms with E-state index in [1.165, 1.54) is 0 Å². The Kier molecular flexibility index (Phi) is 5.69. The van der Waals surface area contributed by atoms with Crippen LogP contribution in [0, 0.1) is 0 Å². The lowest BCUT2D eigenvalue weighted by molar-refractivity contribution is 0.122. The van der Waals surface area contributed by atoms with Crippen LogP contribution in [-0.4, -0.2) is 52.1 Å². The molecule has 9 nitrogen and oxygen atoms in total. The van der Waals surface area contributed by atoms with Crippen molar-refractivity contribution in [1.29, 1.82) is 0 Å². The number of aromatic nitrogens is 4. The minimum absolute atomic E-state index is 0.467. The standard InChI is InChI=1S/C24H24N8O/c25-19(17-4-2-1-3-5-17)8-9-27-22-15-24(31-10-12-33-13-11-31)32-23(29-22)14-20(30-32)18-6-7-21(26)28-16-18/h1-9,14-16H,10-13,25H2,(H2,26,28). The fourth-order valence-electron chi connectivity index (χ4n) is 3.65. The maximum Gasteiger partial charge on any atom is 0.160 e. The number of benzene rings is 1. The fourth-order valence-corrected chi connectivity index (χ4v) is 3.65. The van der Waals surface area contributed by atoms with Crippen LogP contribution in [0.25, 0.3) is 22.6 Å². The Morgan fingerprint density at radius 3 is 2.64 bits per heavy atom. The van der Waals surface area contributed by atoms with Crippen LogP contribution in [0.4, 0.5) is 17.5 Å². The maximum atomic E-state index is 6.17. The van der Waals surface area contributed by atoms with Crippen LogP contribution in [0.3, 0.4) is 0 Å². The predicted molar refractivity (Wildman–Crippen MR) is 130 cm³/mol. The molecule has 1 fully saturated rings. The van der Waals surface area contributed by atoms with Gasteiger partial charge in [0.1, 0.15) is 11.6 Å². The van der Waals surface area contributed by atoms with Crippen LogP contribution in [0.1, 0.15) is 5.56 Å². The molecule has 3 aromatic heterocycles. The largest absolute Gasteiger partial charge is 0.398 e. The molecular weight excluding hydrogens is 416 g/mol. The summed E-state index contributed by atoms with van der Waals surface area (Å²) < 4.78 is 7.36.